The molecule has 20 heavy (non-hydrogen) atoms. The molecule has 0 aliphatic rings. The smallest absolute Gasteiger partial charge is 0.110 e. The van der Waals surface area contributed by atoms with Crippen molar-refractivity contribution in [2.24, 2.45) is 0 Å². The molecule has 0 aliphatic heterocycles. The van der Waals surface area contributed by atoms with Gasteiger partial charge in [0.15, 0.2) is 0 Å². The predicted molar refractivity (Wildman–Crippen MR) is 84.0 cm³/mol. The minimum atomic E-state index is 0.275. The van der Waals surface area contributed by atoms with Crippen molar-refractivity contribution in [3.8, 4) is 0 Å². The normalized spacial score (nSPS) is 14.4. The quantitative estimate of drug-likeness (QED) is 0.677. The largest absolute Gasteiger partial charge is 0.377 e. The van der Waals surface area contributed by atoms with Crippen LogP contribution in [0.3, 0.4) is 0 Å². The summed E-state index contributed by atoms with van der Waals surface area (Å²) in [6.45, 7) is 11.4. The highest BCUT2D eigenvalue weighted by atomic mass is 16.5. The van der Waals surface area contributed by atoms with Crippen LogP contribution in [-0.4, -0.2) is 34.8 Å². The Kier molecular flexibility index (Phi) is 8.54. The maximum absolute atomic E-state index is 5.95. The van der Waals surface area contributed by atoms with Gasteiger partial charge in [0.05, 0.1) is 6.10 Å². The van der Waals surface area contributed by atoms with Crippen LogP contribution in [0, 0.1) is 0 Å². The summed E-state index contributed by atoms with van der Waals surface area (Å²) in [6, 6.07) is 0.345. The first-order valence-corrected chi connectivity index (χ1v) is 8.11. The van der Waals surface area contributed by atoms with Gasteiger partial charge in [-0.15, -0.1) is 0 Å². The molecule has 0 fully saturated rings. The first-order valence-electron chi connectivity index (χ1n) is 8.11. The lowest BCUT2D eigenvalue weighted by atomic mass is 10.0. The molecule has 0 bridgehead atoms. The number of hydrogen-bond donors (Lipinski definition) is 1. The molecule has 1 aromatic heterocycles. The highest BCUT2D eigenvalue weighted by Gasteiger charge is 2.22. The van der Waals surface area contributed by atoms with Gasteiger partial charge in [-0.05, 0) is 26.3 Å². The Labute approximate surface area is 123 Å². The van der Waals surface area contributed by atoms with E-state index < -0.39 is 0 Å². The van der Waals surface area contributed by atoms with Crippen LogP contribution in [0.4, 0.5) is 0 Å². The number of rotatable bonds is 11. The number of imidazole rings is 1. The Hall–Kier alpha value is -0.870. The molecule has 0 spiro atoms. The monoisotopic (exact) mass is 281 g/mol. The van der Waals surface area contributed by atoms with Crippen molar-refractivity contribution in [2.45, 2.75) is 72.1 Å². The topological polar surface area (TPSA) is 39.1 Å². The lowest BCUT2D eigenvalue weighted by Crippen LogP contribution is -2.43. The van der Waals surface area contributed by atoms with E-state index in [4.69, 9.17) is 4.74 Å². The second-order valence-corrected chi connectivity index (χ2v) is 5.19. The molecule has 0 saturated carbocycles. The van der Waals surface area contributed by atoms with Crippen LogP contribution < -0.4 is 5.32 Å². The summed E-state index contributed by atoms with van der Waals surface area (Å²) >= 11 is 0. The second-order valence-electron chi connectivity index (χ2n) is 5.19. The molecule has 0 radical (unpaired) electrons. The van der Waals surface area contributed by atoms with Crippen molar-refractivity contribution in [2.75, 3.05) is 13.2 Å². The Morgan fingerprint density at radius 3 is 2.65 bits per heavy atom. The average Bonchev–Trinajstić information content (AvgIpc) is 2.86. The zero-order chi connectivity index (χ0) is 14.8. The van der Waals surface area contributed by atoms with Gasteiger partial charge in [-0.2, -0.15) is 0 Å². The first-order chi connectivity index (χ1) is 9.76. The molecule has 4 nitrogen and oxygen atoms in total. The van der Waals surface area contributed by atoms with Crippen LogP contribution in [0.1, 0.15) is 52.8 Å². The third kappa shape index (κ3) is 5.25. The summed E-state index contributed by atoms with van der Waals surface area (Å²) in [6.07, 6.45) is 8.58. The van der Waals surface area contributed by atoms with Crippen LogP contribution >= 0.6 is 0 Å². The van der Waals surface area contributed by atoms with Gasteiger partial charge < -0.3 is 14.6 Å². The standard InChI is InChI=1S/C16H31N3O/c1-5-9-15(20-8-4)14(17-7-3)13-16-18-10-12-19(16)11-6-2/h10,12,14-15,17H,5-9,11,13H2,1-4H3. The van der Waals surface area contributed by atoms with Crippen LogP contribution in [0.2, 0.25) is 0 Å². The number of aryl methyl sites for hydroxylation is 1. The van der Waals surface area contributed by atoms with Gasteiger partial charge in [-0.3, -0.25) is 0 Å². The Bertz CT molecular complexity index is 345. The fraction of sp³-hybridized carbons (Fsp3) is 0.812. The molecule has 0 aromatic carbocycles. The van der Waals surface area contributed by atoms with Gasteiger partial charge >= 0.3 is 0 Å². The number of ether oxygens (including phenoxy) is 1. The van der Waals surface area contributed by atoms with Crippen LogP contribution in [-0.2, 0) is 17.7 Å². The highest BCUT2D eigenvalue weighted by molar-refractivity contribution is 4.97. The van der Waals surface area contributed by atoms with Gasteiger partial charge in [0.2, 0.25) is 0 Å². The zero-order valence-electron chi connectivity index (χ0n) is 13.6. The number of hydrogen-bond acceptors (Lipinski definition) is 3. The Morgan fingerprint density at radius 1 is 1.25 bits per heavy atom. The predicted octanol–water partition coefficient (Wildman–Crippen LogP) is 3.02. The first kappa shape index (κ1) is 17.2. The molecule has 1 N–H and O–H groups in total. The van der Waals surface area contributed by atoms with Crippen molar-refractivity contribution in [1.29, 1.82) is 0 Å². The SMILES string of the molecule is CCCC(OCC)C(Cc1nccn1CCC)NCC. The molecule has 0 aliphatic carbocycles. The molecular weight excluding hydrogens is 250 g/mol. The van der Waals surface area contributed by atoms with Gasteiger partial charge in [0.25, 0.3) is 0 Å². The van der Waals surface area contributed by atoms with Gasteiger partial charge in [-0.1, -0.05) is 27.2 Å². The third-order valence-corrected chi connectivity index (χ3v) is 3.54. The molecule has 1 heterocycles. The van der Waals surface area contributed by atoms with Crippen LogP contribution in [0.25, 0.3) is 0 Å². The molecule has 1 aromatic rings. The van der Waals surface area contributed by atoms with Crippen molar-refractivity contribution in [3.63, 3.8) is 0 Å². The van der Waals surface area contributed by atoms with E-state index in [1.165, 1.54) is 5.82 Å². The fourth-order valence-electron chi connectivity index (χ4n) is 2.67. The fourth-order valence-corrected chi connectivity index (χ4v) is 2.67. The van der Waals surface area contributed by atoms with E-state index in [9.17, 15) is 0 Å². The van der Waals surface area contributed by atoms with Crippen molar-refractivity contribution < 1.29 is 4.74 Å². The van der Waals surface area contributed by atoms with E-state index in [0.29, 0.717) is 6.04 Å². The molecule has 0 amide bonds. The summed E-state index contributed by atoms with van der Waals surface area (Å²) in [5, 5.41) is 3.58. The molecular formula is C16H31N3O. The van der Waals surface area contributed by atoms with E-state index in [2.05, 4.69) is 48.8 Å². The van der Waals surface area contributed by atoms with Gasteiger partial charge in [-0.25, -0.2) is 4.98 Å². The average molecular weight is 281 g/mol. The molecule has 2 unspecified atom stereocenters. The second kappa shape index (κ2) is 9.94. The highest BCUT2D eigenvalue weighted by Crippen LogP contribution is 2.13. The maximum atomic E-state index is 5.95. The van der Waals surface area contributed by atoms with Crippen molar-refractivity contribution >= 4 is 0 Å². The third-order valence-electron chi connectivity index (χ3n) is 3.54. The molecule has 2 atom stereocenters. The number of likely N-dealkylation sites (N-methyl/N-ethyl adjacent to an activating group) is 1. The van der Waals surface area contributed by atoms with E-state index in [1.54, 1.807) is 0 Å². The number of nitrogens with one attached hydrogen (secondary N) is 1. The van der Waals surface area contributed by atoms with Crippen LogP contribution in [0.15, 0.2) is 12.4 Å². The summed E-state index contributed by atoms with van der Waals surface area (Å²) < 4.78 is 8.21. The van der Waals surface area contributed by atoms with Gasteiger partial charge in [0, 0.05) is 38.0 Å². The molecule has 0 saturated heterocycles. The van der Waals surface area contributed by atoms with Crippen molar-refractivity contribution in [3.05, 3.63) is 18.2 Å². The summed E-state index contributed by atoms with van der Waals surface area (Å²) in [4.78, 5) is 4.53. The lowest BCUT2D eigenvalue weighted by molar-refractivity contribution is 0.0279. The van der Waals surface area contributed by atoms with Crippen molar-refractivity contribution in [1.82, 2.24) is 14.9 Å². The molecule has 1 rings (SSSR count). The summed E-state index contributed by atoms with van der Waals surface area (Å²) in [5.41, 5.74) is 0. The zero-order valence-corrected chi connectivity index (χ0v) is 13.6. The molecule has 116 valence electrons. The van der Waals surface area contributed by atoms with E-state index >= 15 is 0 Å². The van der Waals surface area contributed by atoms with Gasteiger partial charge in [0.1, 0.15) is 5.82 Å². The number of aromatic nitrogens is 2. The van der Waals surface area contributed by atoms with E-state index in [0.717, 1.165) is 45.4 Å². The van der Waals surface area contributed by atoms with E-state index in [-0.39, 0.29) is 6.10 Å². The van der Waals surface area contributed by atoms with E-state index in [1.807, 2.05) is 6.20 Å². The van der Waals surface area contributed by atoms with Crippen LogP contribution in [0.5, 0.6) is 0 Å². The minimum Gasteiger partial charge on any atom is -0.377 e. The minimum absolute atomic E-state index is 0.275. The maximum Gasteiger partial charge on any atom is 0.110 e. The number of nitrogens with zero attached hydrogens (tertiary/aromatic N) is 2. The summed E-state index contributed by atoms with van der Waals surface area (Å²) in [7, 11) is 0. The lowest BCUT2D eigenvalue weighted by Gasteiger charge is -2.27. The Morgan fingerprint density at radius 2 is 2.05 bits per heavy atom. The Balaban J connectivity index is 2.75. The summed E-state index contributed by atoms with van der Waals surface area (Å²) in [5.74, 6) is 1.17. The molecule has 4 heteroatoms.